The molecule has 0 radical (unpaired) electrons. The molecule has 0 bridgehead atoms. The van der Waals surface area contributed by atoms with Gasteiger partial charge in [0.25, 0.3) is 5.91 Å². The molecule has 5 rings (SSSR count). The van der Waals surface area contributed by atoms with Gasteiger partial charge in [0, 0.05) is 35.3 Å². The van der Waals surface area contributed by atoms with Crippen LogP contribution in [0.1, 0.15) is 21.5 Å². The Hall–Kier alpha value is -3.68. The highest BCUT2D eigenvalue weighted by molar-refractivity contribution is 9.10. The van der Waals surface area contributed by atoms with Gasteiger partial charge in [-0.15, -0.1) is 0 Å². The topological polar surface area (TPSA) is 71.3 Å². The summed E-state index contributed by atoms with van der Waals surface area (Å²) in [7, 11) is 0. The predicted octanol–water partition coefficient (Wildman–Crippen LogP) is 6.24. The first kappa shape index (κ1) is 24.0. The maximum atomic E-state index is 13.0. The number of nitrogens with zero attached hydrogens (tertiary/aromatic N) is 3. The zero-order valence-electron chi connectivity index (χ0n) is 19.3. The van der Waals surface area contributed by atoms with Gasteiger partial charge in [-0.1, -0.05) is 78.3 Å². The van der Waals surface area contributed by atoms with Crippen molar-refractivity contribution in [3.05, 3.63) is 117 Å². The fourth-order valence-electron chi connectivity index (χ4n) is 4.04. The van der Waals surface area contributed by atoms with E-state index in [9.17, 15) is 4.79 Å². The van der Waals surface area contributed by atoms with Crippen LogP contribution in [0.15, 0.2) is 95.6 Å². The summed E-state index contributed by atoms with van der Waals surface area (Å²) in [4.78, 5) is 17.7. The summed E-state index contributed by atoms with van der Waals surface area (Å²) in [6.07, 6.45) is 2.41. The molecule has 2 aromatic heterocycles. The van der Waals surface area contributed by atoms with E-state index in [0.717, 1.165) is 27.1 Å². The van der Waals surface area contributed by atoms with Gasteiger partial charge in [0.1, 0.15) is 5.82 Å². The standard InChI is InChI=1S/C28H23BrClN5O/c29-23-18-33-35-26(17-25(34-27(23)35)22-12-6-7-13-24(22)30)31-14-15-32-28(36)21-11-5-4-10-20(21)16-19-8-2-1-3-9-19/h1-13,17-18,31H,14-16H2,(H,32,36). The zero-order valence-corrected chi connectivity index (χ0v) is 21.6. The number of carbonyl (C=O) groups excluding carboxylic acids is 1. The van der Waals surface area contributed by atoms with E-state index in [1.54, 1.807) is 10.7 Å². The Morgan fingerprint density at radius 3 is 2.53 bits per heavy atom. The number of carbonyl (C=O) groups is 1. The number of amides is 1. The van der Waals surface area contributed by atoms with Crippen LogP contribution in [-0.2, 0) is 6.42 Å². The monoisotopic (exact) mass is 559 g/mol. The van der Waals surface area contributed by atoms with Crippen LogP contribution in [0.4, 0.5) is 5.82 Å². The first-order valence-electron chi connectivity index (χ1n) is 11.5. The highest BCUT2D eigenvalue weighted by Crippen LogP contribution is 2.30. The third kappa shape index (κ3) is 5.27. The van der Waals surface area contributed by atoms with E-state index in [1.165, 1.54) is 5.56 Å². The third-order valence-electron chi connectivity index (χ3n) is 5.79. The van der Waals surface area contributed by atoms with E-state index in [1.807, 2.05) is 72.8 Å². The first-order chi connectivity index (χ1) is 17.6. The molecule has 2 N–H and O–H groups in total. The van der Waals surface area contributed by atoms with Gasteiger partial charge in [-0.05, 0) is 45.6 Å². The van der Waals surface area contributed by atoms with Crippen molar-refractivity contribution >= 4 is 44.9 Å². The fourth-order valence-corrected chi connectivity index (χ4v) is 4.62. The Kier molecular flexibility index (Phi) is 7.30. The molecule has 0 saturated heterocycles. The lowest BCUT2D eigenvalue weighted by molar-refractivity contribution is 0.0954. The van der Waals surface area contributed by atoms with Crippen molar-refractivity contribution in [1.82, 2.24) is 19.9 Å². The van der Waals surface area contributed by atoms with E-state index in [0.29, 0.717) is 35.7 Å². The lowest BCUT2D eigenvalue weighted by Crippen LogP contribution is -2.29. The molecule has 180 valence electrons. The minimum Gasteiger partial charge on any atom is -0.368 e. The molecule has 36 heavy (non-hydrogen) atoms. The number of nitrogens with one attached hydrogen (secondary N) is 2. The molecule has 6 nitrogen and oxygen atoms in total. The van der Waals surface area contributed by atoms with Crippen LogP contribution >= 0.6 is 27.5 Å². The predicted molar refractivity (Wildman–Crippen MR) is 148 cm³/mol. The number of fused-ring (bicyclic) bond motifs is 1. The van der Waals surface area contributed by atoms with Crippen molar-refractivity contribution in [3.8, 4) is 11.3 Å². The molecule has 0 saturated carbocycles. The van der Waals surface area contributed by atoms with Crippen molar-refractivity contribution in [2.75, 3.05) is 18.4 Å². The van der Waals surface area contributed by atoms with Gasteiger partial charge in [0.15, 0.2) is 5.65 Å². The second kappa shape index (κ2) is 10.9. The van der Waals surface area contributed by atoms with Gasteiger partial charge in [-0.2, -0.15) is 9.61 Å². The number of halogens is 2. The van der Waals surface area contributed by atoms with E-state index in [2.05, 4.69) is 43.8 Å². The molecule has 0 aliphatic rings. The molecule has 0 atom stereocenters. The molecular weight excluding hydrogens is 538 g/mol. The van der Waals surface area contributed by atoms with Crippen molar-refractivity contribution < 1.29 is 4.79 Å². The average molecular weight is 561 g/mol. The Balaban J connectivity index is 1.28. The molecule has 0 aliphatic heterocycles. The molecule has 0 aliphatic carbocycles. The van der Waals surface area contributed by atoms with Gasteiger partial charge in [0.05, 0.1) is 16.4 Å². The maximum absolute atomic E-state index is 13.0. The molecule has 0 fully saturated rings. The minimum absolute atomic E-state index is 0.0956. The Morgan fingerprint density at radius 1 is 0.944 bits per heavy atom. The van der Waals surface area contributed by atoms with Crippen LogP contribution < -0.4 is 10.6 Å². The van der Waals surface area contributed by atoms with Gasteiger partial charge >= 0.3 is 0 Å². The molecule has 5 aromatic rings. The van der Waals surface area contributed by atoms with Crippen LogP contribution in [0.5, 0.6) is 0 Å². The summed E-state index contributed by atoms with van der Waals surface area (Å²) in [6, 6.07) is 27.4. The number of aromatic nitrogens is 3. The summed E-state index contributed by atoms with van der Waals surface area (Å²) in [5, 5.41) is 11.4. The van der Waals surface area contributed by atoms with Crippen molar-refractivity contribution in [2.45, 2.75) is 6.42 Å². The van der Waals surface area contributed by atoms with Crippen LogP contribution in [0.3, 0.4) is 0 Å². The summed E-state index contributed by atoms with van der Waals surface area (Å²) < 4.78 is 2.50. The molecule has 0 unspecified atom stereocenters. The Morgan fingerprint density at radius 2 is 1.69 bits per heavy atom. The molecule has 2 heterocycles. The second-order valence-electron chi connectivity index (χ2n) is 8.24. The van der Waals surface area contributed by atoms with Gasteiger partial charge < -0.3 is 10.6 Å². The van der Waals surface area contributed by atoms with Crippen molar-refractivity contribution in [3.63, 3.8) is 0 Å². The number of rotatable bonds is 8. The third-order valence-corrected chi connectivity index (χ3v) is 6.68. The number of anilines is 1. The molecule has 0 spiro atoms. The summed E-state index contributed by atoms with van der Waals surface area (Å²) in [6.45, 7) is 0.942. The number of hydrogen-bond acceptors (Lipinski definition) is 4. The van der Waals surface area contributed by atoms with Gasteiger partial charge in [0.2, 0.25) is 0 Å². The van der Waals surface area contributed by atoms with E-state index >= 15 is 0 Å². The number of benzene rings is 3. The smallest absolute Gasteiger partial charge is 0.251 e. The molecule has 8 heteroatoms. The van der Waals surface area contributed by atoms with Crippen molar-refractivity contribution in [1.29, 1.82) is 0 Å². The summed E-state index contributed by atoms with van der Waals surface area (Å²) >= 11 is 9.94. The SMILES string of the molecule is O=C(NCCNc1cc(-c2ccccc2Cl)nc2c(Br)cnn12)c1ccccc1Cc1ccccc1. The fraction of sp³-hybridized carbons (Fsp3) is 0.107. The summed E-state index contributed by atoms with van der Waals surface area (Å²) in [5.74, 6) is 0.654. The summed E-state index contributed by atoms with van der Waals surface area (Å²) in [5.41, 5.74) is 5.09. The maximum Gasteiger partial charge on any atom is 0.251 e. The van der Waals surface area contributed by atoms with Crippen LogP contribution in [0.2, 0.25) is 5.02 Å². The normalized spacial score (nSPS) is 10.9. The zero-order chi connectivity index (χ0) is 24.9. The van der Waals surface area contributed by atoms with E-state index in [4.69, 9.17) is 16.6 Å². The quantitative estimate of drug-likeness (QED) is 0.220. The lowest BCUT2D eigenvalue weighted by atomic mass is 9.99. The second-order valence-corrected chi connectivity index (χ2v) is 9.50. The van der Waals surface area contributed by atoms with E-state index < -0.39 is 0 Å². The molecule has 1 amide bonds. The largest absolute Gasteiger partial charge is 0.368 e. The van der Waals surface area contributed by atoms with E-state index in [-0.39, 0.29) is 5.91 Å². The van der Waals surface area contributed by atoms with Crippen LogP contribution in [0.25, 0.3) is 16.9 Å². The molecular formula is C28H23BrClN5O. The first-order valence-corrected chi connectivity index (χ1v) is 12.7. The number of hydrogen-bond donors (Lipinski definition) is 2. The Bertz CT molecular complexity index is 1520. The highest BCUT2D eigenvalue weighted by Gasteiger charge is 2.14. The highest BCUT2D eigenvalue weighted by atomic mass is 79.9. The van der Waals surface area contributed by atoms with Crippen LogP contribution in [0, 0.1) is 0 Å². The Labute approximate surface area is 222 Å². The minimum atomic E-state index is -0.0956. The van der Waals surface area contributed by atoms with Crippen molar-refractivity contribution in [2.24, 2.45) is 0 Å². The van der Waals surface area contributed by atoms with Crippen LogP contribution in [-0.4, -0.2) is 33.6 Å². The molecule has 3 aromatic carbocycles. The average Bonchev–Trinajstić information content (AvgIpc) is 3.28. The van der Waals surface area contributed by atoms with Gasteiger partial charge in [-0.25, -0.2) is 4.98 Å². The van der Waals surface area contributed by atoms with Gasteiger partial charge in [-0.3, -0.25) is 4.79 Å². The lowest BCUT2D eigenvalue weighted by Gasteiger charge is -2.13.